The van der Waals surface area contributed by atoms with Gasteiger partial charge in [-0.3, -0.25) is 4.90 Å². The molecule has 0 aromatic carbocycles. The van der Waals surface area contributed by atoms with Gasteiger partial charge in [-0.1, -0.05) is 12.2 Å². The van der Waals surface area contributed by atoms with Crippen LogP contribution in [0.3, 0.4) is 0 Å². The van der Waals surface area contributed by atoms with Gasteiger partial charge in [0.05, 0.1) is 12.6 Å². The third kappa shape index (κ3) is 3.30. The molecule has 1 saturated heterocycles. The highest BCUT2D eigenvalue weighted by Crippen LogP contribution is 2.15. The van der Waals surface area contributed by atoms with Gasteiger partial charge in [-0.15, -0.1) is 0 Å². The van der Waals surface area contributed by atoms with Gasteiger partial charge in [-0.25, -0.2) is 0 Å². The maximum Gasteiger partial charge on any atom is 0.157 e. The predicted octanol–water partition coefficient (Wildman–Crippen LogP) is 1.79. The van der Waals surface area contributed by atoms with Crippen LogP contribution in [0.15, 0.2) is 12.2 Å². The molecule has 0 aromatic heterocycles. The average molecular weight is 211 g/mol. The topological polar surface area (TPSA) is 21.7 Å². The summed E-state index contributed by atoms with van der Waals surface area (Å²) in [6.07, 6.45) is 9.17. The molecule has 0 radical (unpaired) electrons. The lowest BCUT2D eigenvalue weighted by Gasteiger charge is -2.30. The Kier molecular flexibility index (Phi) is 4.18. The van der Waals surface area contributed by atoms with Crippen molar-refractivity contribution >= 4 is 0 Å². The fourth-order valence-corrected chi connectivity index (χ4v) is 2.08. The van der Waals surface area contributed by atoms with E-state index in [1.165, 1.54) is 12.8 Å². The summed E-state index contributed by atoms with van der Waals surface area (Å²) in [5.74, 6) is 0. The lowest BCUT2D eigenvalue weighted by Crippen LogP contribution is -2.38. The standard InChI is InChI=1S/C12H21NO2/c1-13-8-4-2-6-11(13)10-15-12-7-3-5-9-14-12/h2,6,11-12H,3-5,7-10H2,1H3. The molecular formula is C12H21NO2. The molecule has 0 amide bonds. The van der Waals surface area contributed by atoms with Crippen molar-refractivity contribution in [3.05, 3.63) is 12.2 Å². The van der Waals surface area contributed by atoms with Crippen molar-refractivity contribution in [1.29, 1.82) is 0 Å². The van der Waals surface area contributed by atoms with Crippen LogP contribution in [0.5, 0.6) is 0 Å². The van der Waals surface area contributed by atoms with E-state index in [4.69, 9.17) is 9.47 Å². The molecule has 0 saturated carbocycles. The molecule has 15 heavy (non-hydrogen) atoms. The molecule has 1 fully saturated rings. The molecule has 0 N–H and O–H groups in total. The fraction of sp³-hybridized carbons (Fsp3) is 0.833. The Bertz CT molecular complexity index is 212. The zero-order valence-electron chi connectivity index (χ0n) is 9.52. The maximum atomic E-state index is 5.78. The second kappa shape index (κ2) is 5.64. The number of hydrogen-bond acceptors (Lipinski definition) is 3. The first kappa shape index (κ1) is 11.1. The molecular weight excluding hydrogens is 190 g/mol. The van der Waals surface area contributed by atoms with Crippen molar-refractivity contribution in [2.24, 2.45) is 0 Å². The third-order valence-electron chi connectivity index (χ3n) is 3.16. The van der Waals surface area contributed by atoms with E-state index in [1.54, 1.807) is 0 Å². The summed E-state index contributed by atoms with van der Waals surface area (Å²) in [6, 6.07) is 0.435. The Hall–Kier alpha value is -0.380. The van der Waals surface area contributed by atoms with Gasteiger partial charge in [0.25, 0.3) is 0 Å². The van der Waals surface area contributed by atoms with Crippen LogP contribution in [-0.4, -0.2) is 44.0 Å². The number of nitrogens with zero attached hydrogens (tertiary/aromatic N) is 1. The van der Waals surface area contributed by atoms with Gasteiger partial charge in [0, 0.05) is 13.2 Å². The van der Waals surface area contributed by atoms with Crippen molar-refractivity contribution in [1.82, 2.24) is 4.90 Å². The average Bonchev–Trinajstić information content (AvgIpc) is 2.29. The molecule has 3 nitrogen and oxygen atoms in total. The van der Waals surface area contributed by atoms with E-state index in [2.05, 4.69) is 24.1 Å². The van der Waals surface area contributed by atoms with E-state index in [0.29, 0.717) is 6.04 Å². The summed E-state index contributed by atoms with van der Waals surface area (Å²) < 4.78 is 11.3. The molecule has 0 spiro atoms. The summed E-state index contributed by atoms with van der Waals surface area (Å²) >= 11 is 0. The Labute approximate surface area is 92.0 Å². The summed E-state index contributed by atoms with van der Waals surface area (Å²) in [5, 5.41) is 0. The molecule has 0 aliphatic carbocycles. The minimum Gasteiger partial charge on any atom is -0.353 e. The van der Waals surface area contributed by atoms with Gasteiger partial charge in [-0.2, -0.15) is 0 Å². The van der Waals surface area contributed by atoms with Gasteiger partial charge < -0.3 is 9.47 Å². The Morgan fingerprint density at radius 1 is 1.47 bits per heavy atom. The van der Waals surface area contributed by atoms with Crippen LogP contribution in [0.4, 0.5) is 0 Å². The molecule has 2 unspecified atom stereocenters. The number of ether oxygens (including phenoxy) is 2. The second-order valence-electron chi connectivity index (χ2n) is 4.39. The minimum atomic E-state index is 0.0440. The largest absolute Gasteiger partial charge is 0.353 e. The number of rotatable bonds is 3. The fourth-order valence-electron chi connectivity index (χ4n) is 2.08. The smallest absolute Gasteiger partial charge is 0.157 e. The summed E-state index contributed by atoms with van der Waals surface area (Å²) in [6.45, 7) is 2.76. The van der Waals surface area contributed by atoms with E-state index < -0.39 is 0 Å². The summed E-state index contributed by atoms with van der Waals surface area (Å²) in [5.41, 5.74) is 0. The first-order valence-corrected chi connectivity index (χ1v) is 5.96. The molecule has 3 heteroatoms. The second-order valence-corrected chi connectivity index (χ2v) is 4.39. The van der Waals surface area contributed by atoms with Crippen LogP contribution in [-0.2, 0) is 9.47 Å². The molecule has 2 rings (SSSR count). The highest BCUT2D eigenvalue weighted by atomic mass is 16.7. The van der Waals surface area contributed by atoms with E-state index >= 15 is 0 Å². The number of hydrogen-bond donors (Lipinski definition) is 0. The molecule has 2 aliphatic rings. The SMILES string of the molecule is CN1CCC=CC1COC1CCCCO1. The molecule has 0 aromatic rings. The minimum absolute atomic E-state index is 0.0440. The Morgan fingerprint density at radius 2 is 2.40 bits per heavy atom. The normalized spacial score (nSPS) is 33.1. The van der Waals surface area contributed by atoms with E-state index in [0.717, 1.165) is 32.6 Å². The van der Waals surface area contributed by atoms with E-state index in [1.807, 2.05) is 0 Å². The Balaban J connectivity index is 1.71. The van der Waals surface area contributed by atoms with Crippen molar-refractivity contribution in [2.75, 3.05) is 26.8 Å². The van der Waals surface area contributed by atoms with Gasteiger partial charge in [0.2, 0.25) is 0 Å². The van der Waals surface area contributed by atoms with Crippen LogP contribution < -0.4 is 0 Å². The van der Waals surface area contributed by atoms with Crippen LogP contribution >= 0.6 is 0 Å². The van der Waals surface area contributed by atoms with Crippen LogP contribution in [0, 0.1) is 0 Å². The summed E-state index contributed by atoms with van der Waals surface area (Å²) in [7, 11) is 2.15. The predicted molar refractivity (Wildman–Crippen MR) is 59.7 cm³/mol. The van der Waals surface area contributed by atoms with Crippen LogP contribution in [0.2, 0.25) is 0 Å². The van der Waals surface area contributed by atoms with Gasteiger partial charge in [0.1, 0.15) is 0 Å². The highest BCUT2D eigenvalue weighted by molar-refractivity contribution is 4.98. The van der Waals surface area contributed by atoms with Gasteiger partial charge in [-0.05, 0) is 32.7 Å². The summed E-state index contributed by atoms with van der Waals surface area (Å²) in [4.78, 5) is 2.34. The maximum absolute atomic E-state index is 5.78. The van der Waals surface area contributed by atoms with Crippen LogP contribution in [0.1, 0.15) is 25.7 Å². The molecule has 2 heterocycles. The third-order valence-corrected chi connectivity index (χ3v) is 3.16. The van der Waals surface area contributed by atoms with Gasteiger partial charge >= 0.3 is 0 Å². The molecule has 0 bridgehead atoms. The monoisotopic (exact) mass is 211 g/mol. The van der Waals surface area contributed by atoms with Crippen molar-refractivity contribution in [2.45, 2.75) is 38.0 Å². The van der Waals surface area contributed by atoms with Crippen molar-refractivity contribution in [3.8, 4) is 0 Å². The molecule has 2 aliphatic heterocycles. The van der Waals surface area contributed by atoms with Gasteiger partial charge in [0.15, 0.2) is 6.29 Å². The first-order valence-electron chi connectivity index (χ1n) is 5.96. The quantitative estimate of drug-likeness (QED) is 0.664. The first-order chi connectivity index (χ1) is 7.36. The van der Waals surface area contributed by atoms with Crippen molar-refractivity contribution < 1.29 is 9.47 Å². The van der Waals surface area contributed by atoms with Crippen molar-refractivity contribution in [3.63, 3.8) is 0 Å². The van der Waals surface area contributed by atoms with E-state index in [9.17, 15) is 0 Å². The lowest BCUT2D eigenvalue weighted by atomic mass is 10.1. The Morgan fingerprint density at radius 3 is 3.13 bits per heavy atom. The van der Waals surface area contributed by atoms with Crippen LogP contribution in [0.25, 0.3) is 0 Å². The van der Waals surface area contributed by atoms with E-state index in [-0.39, 0.29) is 6.29 Å². The highest BCUT2D eigenvalue weighted by Gasteiger charge is 2.19. The number of likely N-dealkylation sites (N-methyl/N-ethyl adjacent to an activating group) is 1. The molecule has 86 valence electrons. The zero-order valence-corrected chi connectivity index (χ0v) is 9.52. The lowest BCUT2D eigenvalue weighted by molar-refractivity contribution is -0.167. The zero-order chi connectivity index (χ0) is 10.5. The molecule has 2 atom stereocenters.